The van der Waals surface area contributed by atoms with Crippen molar-refractivity contribution in [3.05, 3.63) is 42.5 Å². The first-order valence-electron chi connectivity index (χ1n) is 7.97. The SMILES string of the molecule is CNc1ccc(-c2nc3ccc(OCCC(C)C)cc3s2)cc1. The minimum absolute atomic E-state index is 0.661. The molecule has 0 spiro atoms. The average Bonchev–Trinajstić information content (AvgIpc) is 2.98. The first kappa shape index (κ1) is 15.8. The predicted molar refractivity (Wildman–Crippen MR) is 99.6 cm³/mol. The molecule has 0 radical (unpaired) electrons. The van der Waals surface area contributed by atoms with Gasteiger partial charge in [-0.25, -0.2) is 4.98 Å². The summed E-state index contributed by atoms with van der Waals surface area (Å²) in [6.07, 6.45) is 1.07. The molecule has 0 atom stereocenters. The van der Waals surface area contributed by atoms with Crippen LogP contribution in [0.4, 0.5) is 5.69 Å². The van der Waals surface area contributed by atoms with Crippen LogP contribution < -0.4 is 10.1 Å². The number of nitrogens with zero attached hydrogens (tertiary/aromatic N) is 1. The molecule has 0 unspecified atom stereocenters. The highest BCUT2D eigenvalue weighted by molar-refractivity contribution is 7.21. The normalized spacial score (nSPS) is 11.1. The van der Waals surface area contributed by atoms with Crippen molar-refractivity contribution in [2.75, 3.05) is 19.0 Å². The van der Waals surface area contributed by atoms with Crippen molar-refractivity contribution in [3.63, 3.8) is 0 Å². The molecule has 0 bridgehead atoms. The van der Waals surface area contributed by atoms with Crippen LogP contribution in [0.1, 0.15) is 20.3 Å². The third-order valence-corrected chi connectivity index (χ3v) is 4.81. The average molecular weight is 326 g/mol. The Morgan fingerprint density at radius 1 is 1.13 bits per heavy atom. The van der Waals surface area contributed by atoms with E-state index in [-0.39, 0.29) is 0 Å². The molecule has 0 aliphatic carbocycles. The fourth-order valence-electron chi connectivity index (χ4n) is 2.31. The smallest absolute Gasteiger partial charge is 0.124 e. The molecule has 3 rings (SSSR count). The summed E-state index contributed by atoms with van der Waals surface area (Å²) < 4.78 is 7.01. The molecule has 2 aromatic carbocycles. The van der Waals surface area contributed by atoms with E-state index in [1.165, 1.54) is 4.70 Å². The Kier molecular flexibility index (Phi) is 4.82. The Hall–Kier alpha value is -2.07. The van der Waals surface area contributed by atoms with E-state index in [4.69, 9.17) is 9.72 Å². The summed E-state index contributed by atoms with van der Waals surface area (Å²) in [6, 6.07) is 14.5. The summed E-state index contributed by atoms with van der Waals surface area (Å²) in [4.78, 5) is 4.73. The van der Waals surface area contributed by atoms with Crippen molar-refractivity contribution in [2.24, 2.45) is 5.92 Å². The van der Waals surface area contributed by atoms with Crippen LogP contribution in [0.2, 0.25) is 0 Å². The van der Waals surface area contributed by atoms with E-state index in [1.54, 1.807) is 11.3 Å². The molecule has 1 N–H and O–H groups in total. The zero-order valence-corrected chi connectivity index (χ0v) is 14.6. The molecule has 1 heterocycles. The second-order valence-corrected chi connectivity index (χ2v) is 7.04. The minimum atomic E-state index is 0.661. The van der Waals surface area contributed by atoms with Gasteiger partial charge in [0.1, 0.15) is 10.8 Å². The van der Waals surface area contributed by atoms with Gasteiger partial charge in [0.15, 0.2) is 0 Å². The number of anilines is 1. The standard InChI is InChI=1S/C19H22N2OS/c1-13(2)10-11-22-16-8-9-17-18(12-16)23-19(21-17)14-4-6-15(20-3)7-5-14/h4-9,12-13,20H,10-11H2,1-3H3. The number of benzene rings is 2. The monoisotopic (exact) mass is 326 g/mol. The van der Waals surface area contributed by atoms with E-state index in [2.05, 4.69) is 49.5 Å². The van der Waals surface area contributed by atoms with Crippen LogP contribution in [-0.4, -0.2) is 18.6 Å². The molecule has 3 aromatic rings. The molecule has 120 valence electrons. The first-order chi connectivity index (χ1) is 11.2. The van der Waals surface area contributed by atoms with Gasteiger partial charge in [-0.1, -0.05) is 13.8 Å². The number of thiazole rings is 1. The Bertz CT molecular complexity index is 778. The van der Waals surface area contributed by atoms with Gasteiger partial charge in [0, 0.05) is 18.3 Å². The summed E-state index contributed by atoms with van der Waals surface area (Å²) >= 11 is 1.71. The number of fused-ring (bicyclic) bond motifs is 1. The summed E-state index contributed by atoms with van der Waals surface area (Å²) in [6.45, 7) is 5.18. The van der Waals surface area contributed by atoms with Gasteiger partial charge in [0.25, 0.3) is 0 Å². The molecule has 0 aliphatic rings. The van der Waals surface area contributed by atoms with Gasteiger partial charge in [0.05, 0.1) is 16.8 Å². The van der Waals surface area contributed by atoms with Crippen LogP contribution in [0.5, 0.6) is 5.75 Å². The number of ether oxygens (including phenoxy) is 1. The molecule has 3 nitrogen and oxygen atoms in total. The zero-order valence-electron chi connectivity index (χ0n) is 13.8. The molecule has 0 aliphatic heterocycles. The van der Waals surface area contributed by atoms with Crippen molar-refractivity contribution < 1.29 is 4.74 Å². The number of nitrogens with one attached hydrogen (secondary N) is 1. The molecule has 0 saturated carbocycles. The lowest BCUT2D eigenvalue weighted by atomic mass is 10.1. The second kappa shape index (κ2) is 7.01. The molecular weight excluding hydrogens is 304 g/mol. The van der Waals surface area contributed by atoms with Gasteiger partial charge < -0.3 is 10.1 Å². The number of aromatic nitrogens is 1. The maximum absolute atomic E-state index is 5.84. The Morgan fingerprint density at radius 2 is 1.91 bits per heavy atom. The summed E-state index contributed by atoms with van der Waals surface area (Å²) in [7, 11) is 1.92. The van der Waals surface area contributed by atoms with Crippen molar-refractivity contribution in [1.29, 1.82) is 0 Å². The maximum Gasteiger partial charge on any atom is 0.124 e. The molecule has 4 heteroatoms. The summed E-state index contributed by atoms with van der Waals surface area (Å²) in [5, 5.41) is 4.18. The molecule has 0 fully saturated rings. The number of rotatable bonds is 6. The van der Waals surface area contributed by atoms with Crippen molar-refractivity contribution in [2.45, 2.75) is 20.3 Å². The van der Waals surface area contributed by atoms with Gasteiger partial charge in [-0.3, -0.25) is 0 Å². The summed E-state index contributed by atoms with van der Waals surface area (Å²) in [5.74, 6) is 1.59. The summed E-state index contributed by atoms with van der Waals surface area (Å²) in [5.41, 5.74) is 3.28. The third kappa shape index (κ3) is 3.82. The highest BCUT2D eigenvalue weighted by Gasteiger charge is 2.08. The maximum atomic E-state index is 5.84. The lowest BCUT2D eigenvalue weighted by Crippen LogP contribution is -2.00. The van der Waals surface area contributed by atoms with E-state index in [1.807, 2.05) is 19.2 Å². The lowest BCUT2D eigenvalue weighted by molar-refractivity contribution is 0.290. The lowest BCUT2D eigenvalue weighted by Gasteiger charge is -2.07. The second-order valence-electron chi connectivity index (χ2n) is 6.01. The molecular formula is C19H22N2OS. The minimum Gasteiger partial charge on any atom is -0.494 e. The van der Waals surface area contributed by atoms with Crippen LogP contribution >= 0.6 is 11.3 Å². The predicted octanol–water partition coefficient (Wildman–Crippen LogP) is 5.43. The van der Waals surface area contributed by atoms with Gasteiger partial charge in [-0.15, -0.1) is 11.3 Å². The van der Waals surface area contributed by atoms with Crippen LogP contribution in [0, 0.1) is 5.92 Å². The van der Waals surface area contributed by atoms with Crippen molar-refractivity contribution in [1.82, 2.24) is 4.98 Å². The Morgan fingerprint density at radius 3 is 2.61 bits per heavy atom. The van der Waals surface area contributed by atoms with Crippen LogP contribution in [0.15, 0.2) is 42.5 Å². The molecule has 23 heavy (non-hydrogen) atoms. The first-order valence-corrected chi connectivity index (χ1v) is 8.79. The fraction of sp³-hybridized carbons (Fsp3) is 0.316. The highest BCUT2D eigenvalue weighted by Crippen LogP contribution is 2.32. The van der Waals surface area contributed by atoms with E-state index in [0.717, 1.165) is 40.6 Å². The van der Waals surface area contributed by atoms with E-state index in [0.29, 0.717) is 5.92 Å². The fourth-order valence-corrected chi connectivity index (χ4v) is 3.31. The molecule has 1 aromatic heterocycles. The van der Waals surface area contributed by atoms with E-state index in [9.17, 15) is 0 Å². The van der Waals surface area contributed by atoms with Crippen LogP contribution in [0.3, 0.4) is 0 Å². The Labute approximate surface area is 141 Å². The van der Waals surface area contributed by atoms with Crippen LogP contribution in [-0.2, 0) is 0 Å². The quantitative estimate of drug-likeness (QED) is 0.656. The molecule has 0 saturated heterocycles. The number of hydrogen-bond donors (Lipinski definition) is 1. The van der Waals surface area contributed by atoms with Gasteiger partial charge in [-0.2, -0.15) is 0 Å². The Balaban J connectivity index is 1.80. The van der Waals surface area contributed by atoms with Gasteiger partial charge in [-0.05, 0) is 54.8 Å². The van der Waals surface area contributed by atoms with Crippen molar-refractivity contribution >= 4 is 27.2 Å². The highest BCUT2D eigenvalue weighted by atomic mass is 32.1. The number of hydrogen-bond acceptors (Lipinski definition) is 4. The van der Waals surface area contributed by atoms with Gasteiger partial charge >= 0.3 is 0 Å². The molecule has 0 amide bonds. The van der Waals surface area contributed by atoms with Gasteiger partial charge in [0.2, 0.25) is 0 Å². The topological polar surface area (TPSA) is 34.2 Å². The van der Waals surface area contributed by atoms with E-state index < -0.39 is 0 Å². The van der Waals surface area contributed by atoms with E-state index >= 15 is 0 Å². The zero-order chi connectivity index (χ0) is 16.2. The van der Waals surface area contributed by atoms with Crippen molar-refractivity contribution in [3.8, 4) is 16.3 Å². The van der Waals surface area contributed by atoms with Crippen LogP contribution in [0.25, 0.3) is 20.8 Å². The largest absolute Gasteiger partial charge is 0.494 e. The third-order valence-electron chi connectivity index (χ3n) is 3.74.